The van der Waals surface area contributed by atoms with Crippen molar-refractivity contribution in [1.29, 1.82) is 0 Å². The number of rotatable bonds is 2. The lowest BCUT2D eigenvalue weighted by atomic mass is 9.97. The molecule has 0 spiro atoms. The normalized spacial score (nSPS) is 53.5. The number of fused-ring (bicyclic) bond motifs is 1. The van der Waals surface area contributed by atoms with Gasteiger partial charge in [-0.05, 0) is 0 Å². The van der Waals surface area contributed by atoms with Crippen LogP contribution in [0, 0.1) is 0 Å². The highest BCUT2D eigenvalue weighted by molar-refractivity contribution is 5.78. The van der Waals surface area contributed by atoms with Gasteiger partial charge in [0.05, 0.1) is 0 Å². The Hall–Kier alpha value is -0.810. The number of aliphatic hydroxyl groups is 4. The average molecular weight is 224 g/mol. The Morgan fingerprint density at radius 1 is 1.33 bits per heavy atom. The number of carboxylic acids is 1. The molecule has 2 fully saturated rings. The first-order chi connectivity index (χ1) is 6.82. The zero-order chi connectivity index (χ0) is 11.5. The highest BCUT2D eigenvalue weighted by Gasteiger charge is 2.85. The van der Waals surface area contributed by atoms with E-state index in [0.717, 1.165) is 0 Å². The van der Waals surface area contributed by atoms with E-state index in [0.29, 0.717) is 0 Å². The predicted octanol–water partition coefficient (Wildman–Crippen LogP) is -3.51. The molecule has 9 heteroatoms. The third-order valence-corrected chi connectivity index (χ3v) is 2.38. The van der Waals surface area contributed by atoms with E-state index in [1.54, 1.807) is 0 Å². The zero-order valence-electron chi connectivity index (χ0n) is 7.15. The minimum Gasteiger partial charge on any atom is -0.477 e. The summed E-state index contributed by atoms with van der Waals surface area (Å²) in [6.45, 7) is -1.14. The van der Waals surface area contributed by atoms with Gasteiger partial charge < -0.3 is 25.5 Å². The second kappa shape index (κ2) is 2.65. The number of aliphatic hydroxyl groups excluding tert-OH is 2. The van der Waals surface area contributed by atoms with Crippen molar-refractivity contribution >= 4 is 5.97 Å². The van der Waals surface area contributed by atoms with Crippen molar-refractivity contribution in [2.45, 2.75) is 23.5 Å². The summed E-state index contributed by atoms with van der Waals surface area (Å²) in [6, 6.07) is 0. The average Bonchev–Trinajstić information content (AvgIpc) is 2.30. The summed E-state index contributed by atoms with van der Waals surface area (Å²) in [7, 11) is 0. The summed E-state index contributed by atoms with van der Waals surface area (Å²) in [4.78, 5) is 18.9. The molecule has 2 aliphatic heterocycles. The lowest BCUT2D eigenvalue weighted by Gasteiger charge is -2.43. The molecule has 0 aliphatic carbocycles. The van der Waals surface area contributed by atoms with E-state index in [1.165, 1.54) is 0 Å². The van der Waals surface area contributed by atoms with Gasteiger partial charge in [-0.1, -0.05) is 0 Å². The Morgan fingerprint density at radius 2 is 1.93 bits per heavy atom. The zero-order valence-corrected chi connectivity index (χ0v) is 7.15. The van der Waals surface area contributed by atoms with Gasteiger partial charge in [0.15, 0.2) is 6.10 Å². The van der Waals surface area contributed by atoms with Crippen LogP contribution in [-0.4, -0.2) is 61.6 Å². The fourth-order valence-electron chi connectivity index (χ4n) is 1.48. The lowest BCUT2D eigenvalue weighted by Crippen LogP contribution is -2.72. The van der Waals surface area contributed by atoms with Crippen molar-refractivity contribution in [3.8, 4) is 0 Å². The maximum atomic E-state index is 10.7. The Kier molecular flexibility index (Phi) is 1.89. The number of ether oxygens (including phenoxy) is 1. The molecule has 0 radical (unpaired) electrons. The van der Waals surface area contributed by atoms with Crippen LogP contribution in [0.15, 0.2) is 0 Å². The molecule has 0 aromatic heterocycles. The molecule has 0 unspecified atom stereocenters. The van der Waals surface area contributed by atoms with Gasteiger partial charge in [-0.25, -0.2) is 4.79 Å². The summed E-state index contributed by atoms with van der Waals surface area (Å²) in [5.41, 5.74) is 0. The maximum absolute atomic E-state index is 10.7. The second-order valence-electron chi connectivity index (χ2n) is 3.29. The van der Waals surface area contributed by atoms with Crippen LogP contribution in [0.25, 0.3) is 0 Å². The van der Waals surface area contributed by atoms with E-state index in [1.807, 2.05) is 0 Å². The van der Waals surface area contributed by atoms with Gasteiger partial charge >= 0.3 is 11.8 Å². The first-order valence-electron chi connectivity index (χ1n) is 3.86. The molecular formula is C6H8O9. The highest BCUT2D eigenvalue weighted by atomic mass is 17.3. The van der Waals surface area contributed by atoms with Crippen LogP contribution in [0.4, 0.5) is 0 Å². The van der Waals surface area contributed by atoms with Crippen molar-refractivity contribution in [1.82, 2.24) is 0 Å². The summed E-state index contributed by atoms with van der Waals surface area (Å²) in [6.07, 6.45) is -2.18. The lowest BCUT2D eigenvalue weighted by molar-refractivity contribution is -0.628. The van der Waals surface area contributed by atoms with Crippen LogP contribution < -0.4 is 0 Å². The topological polar surface area (TPSA) is 146 Å². The van der Waals surface area contributed by atoms with Crippen LogP contribution in [0.5, 0.6) is 0 Å². The van der Waals surface area contributed by atoms with Crippen LogP contribution in [0.3, 0.4) is 0 Å². The molecule has 2 aliphatic rings. The van der Waals surface area contributed by atoms with Gasteiger partial charge in [0.1, 0.15) is 6.61 Å². The predicted molar refractivity (Wildman–Crippen MR) is 36.6 cm³/mol. The molecular weight excluding hydrogens is 216 g/mol. The molecule has 4 atom stereocenters. The monoisotopic (exact) mass is 224 g/mol. The third-order valence-electron chi connectivity index (χ3n) is 2.38. The maximum Gasteiger partial charge on any atom is 0.373 e. The van der Waals surface area contributed by atoms with E-state index in [9.17, 15) is 20.1 Å². The van der Waals surface area contributed by atoms with Crippen LogP contribution in [-0.2, 0) is 19.3 Å². The Labute approximate surface area is 82.0 Å². The fourth-order valence-corrected chi connectivity index (χ4v) is 1.48. The Morgan fingerprint density at radius 3 is 2.20 bits per heavy atom. The largest absolute Gasteiger partial charge is 0.477 e. The molecule has 2 rings (SSSR count). The molecule has 2 heterocycles. The summed E-state index contributed by atoms with van der Waals surface area (Å²) < 4.78 is 4.42. The van der Waals surface area contributed by atoms with Crippen LogP contribution in [0.1, 0.15) is 0 Å². The van der Waals surface area contributed by atoms with E-state index in [2.05, 4.69) is 14.5 Å². The van der Waals surface area contributed by atoms with E-state index >= 15 is 0 Å². The highest BCUT2D eigenvalue weighted by Crippen LogP contribution is 2.53. The van der Waals surface area contributed by atoms with Crippen molar-refractivity contribution in [3.05, 3.63) is 0 Å². The number of hydrogen-bond donors (Lipinski definition) is 5. The number of hydrogen-bond acceptors (Lipinski definition) is 8. The fraction of sp³-hybridized carbons (Fsp3) is 0.833. The number of carbonyl (C=O) groups is 1. The summed E-state index contributed by atoms with van der Waals surface area (Å²) >= 11 is 0. The molecule has 0 aromatic rings. The first-order valence-corrected chi connectivity index (χ1v) is 3.86. The molecule has 86 valence electrons. The van der Waals surface area contributed by atoms with Crippen LogP contribution in [0.2, 0.25) is 0 Å². The Bertz CT molecular complexity index is 318. The molecule has 0 bridgehead atoms. The van der Waals surface area contributed by atoms with Gasteiger partial charge in [-0.3, -0.25) is 4.74 Å². The minimum atomic E-state index is -2.75. The van der Waals surface area contributed by atoms with Crippen molar-refractivity contribution in [3.63, 3.8) is 0 Å². The Balaban J connectivity index is 2.43. The van der Waals surface area contributed by atoms with Gasteiger partial charge in [0.2, 0.25) is 5.79 Å². The van der Waals surface area contributed by atoms with Crippen LogP contribution >= 0.6 is 0 Å². The van der Waals surface area contributed by atoms with Gasteiger partial charge in [-0.15, -0.1) is 0 Å². The molecule has 2 saturated heterocycles. The minimum absolute atomic E-state index is 1.14. The molecule has 15 heavy (non-hydrogen) atoms. The standard InChI is InChI=1S/C6H8O9/c7-1-4(11)2(8)5(12)6(13-4,3(9)10)15-14-5/h2,7-8,11-12H,1H2,(H,9,10)/t2-,4+,5-,6+/m1/s1. The summed E-state index contributed by atoms with van der Waals surface area (Å²) in [5, 5.41) is 45.7. The van der Waals surface area contributed by atoms with Gasteiger partial charge in [0, 0.05) is 0 Å². The van der Waals surface area contributed by atoms with E-state index in [-0.39, 0.29) is 0 Å². The third kappa shape index (κ3) is 0.928. The summed E-state index contributed by atoms with van der Waals surface area (Å²) in [5.74, 6) is -9.95. The molecule has 5 N–H and O–H groups in total. The second-order valence-corrected chi connectivity index (χ2v) is 3.29. The van der Waals surface area contributed by atoms with Crippen molar-refractivity contribution < 1.29 is 44.8 Å². The van der Waals surface area contributed by atoms with Gasteiger partial charge in [-0.2, -0.15) is 9.78 Å². The molecule has 0 amide bonds. The SMILES string of the molecule is O=C(O)[C@]12OO[C@]1(O)[C@H](O)[C@](O)(CO)O2. The molecule has 0 aromatic carbocycles. The number of aliphatic carboxylic acids is 1. The first kappa shape index (κ1) is 10.7. The van der Waals surface area contributed by atoms with Gasteiger partial charge in [0.25, 0.3) is 5.79 Å². The molecule has 9 nitrogen and oxygen atoms in total. The number of carboxylic acid groups (broad SMARTS) is 1. The van der Waals surface area contributed by atoms with E-state index in [4.69, 9.17) is 10.2 Å². The van der Waals surface area contributed by atoms with Crippen molar-refractivity contribution in [2.24, 2.45) is 0 Å². The smallest absolute Gasteiger partial charge is 0.373 e. The van der Waals surface area contributed by atoms with E-state index < -0.39 is 36.0 Å². The molecule has 0 saturated carbocycles. The quantitative estimate of drug-likeness (QED) is 0.301. The van der Waals surface area contributed by atoms with Crippen molar-refractivity contribution in [2.75, 3.05) is 6.61 Å².